The predicted octanol–water partition coefficient (Wildman–Crippen LogP) is 3.01. The Morgan fingerprint density at radius 3 is 2.61 bits per heavy atom. The molecule has 0 aliphatic carbocycles. The molecule has 1 aromatic heterocycles. The summed E-state index contributed by atoms with van der Waals surface area (Å²) in [6.45, 7) is 1.70. The van der Waals surface area contributed by atoms with E-state index < -0.39 is 12.1 Å². The molecule has 0 saturated heterocycles. The van der Waals surface area contributed by atoms with Crippen molar-refractivity contribution in [3.63, 3.8) is 0 Å². The number of fused-ring (bicyclic) bond motifs is 1. The average Bonchev–Trinajstić information content (AvgIpc) is 2.28. The molecule has 0 saturated carbocycles. The number of carbonyl (C=O) groups excluding carboxylic acids is 1. The lowest BCUT2D eigenvalue weighted by Gasteiger charge is -2.09. The van der Waals surface area contributed by atoms with Gasteiger partial charge in [-0.25, -0.2) is 9.78 Å². The van der Waals surface area contributed by atoms with Crippen LogP contribution in [0.25, 0.3) is 10.9 Å². The number of halogens is 3. The quantitative estimate of drug-likeness (QED) is 0.580. The molecule has 2 rings (SSSR count). The first kappa shape index (κ1) is 12.3. The van der Waals surface area contributed by atoms with Crippen molar-refractivity contribution in [2.75, 3.05) is 0 Å². The van der Waals surface area contributed by atoms with Crippen LogP contribution in [0.3, 0.4) is 0 Å². The summed E-state index contributed by atoms with van der Waals surface area (Å²) in [5.41, 5.74) is 0.855. The summed E-state index contributed by atoms with van der Waals surface area (Å²) in [7, 11) is 0. The maximum atomic E-state index is 12.1. The van der Waals surface area contributed by atoms with Crippen molar-refractivity contribution in [3.8, 4) is 5.75 Å². The van der Waals surface area contributed by atoms with Gasteiger partial charge in [0.1, 0.15) is 5.52 Å². The molecular weight excluding hydrogens is 247 g/mol. The zero-order valence-electron chi connectivity index (χ0n) is 9.28. The third-order valence-corrected chi connectivity index (χ3v) is 2.26. The molecule has 2 aromatic rings. The molecule has 18 heavy (non-hydrogen) atoms. The van der Waals surface area contributed by atoms with Crippen LogP contribution in [-0.4, -0.2) is 17.1 Å². The molecule has 0 fully saturated rings. The fraction of sp³-hybridized carbons (Fsp3) is 0.167. The standard InChI is InChI=1S/C12H8F3NO2/c1-7-5-6-8-3-2-4-9(10(8)16-7)18-11(17)12(13,14)15/h2-6H,1H3. The Morgan fingerprint density at radius 1 is 1.22 bits per heavy atom. The maximum Gasteiger partial charge on any atom is 0.491 e. The van der Waals surface area contributed by atoms with Gasteiger partial charge in [0.15, 0.2) is 5.75 Å². The Balaban J connectivity index is 2.45. The Kier molecular flexibility index (Phi) is 2.94. The van der Waals surface area contributed by atoms with Gasteiger partial charge >= 0.3 is 12.1 Å². The molecule has 0 amide bonds. The number of para-hydroxylation sites is 1. The predicted molar refractivity (Wildman–Crippen MR) is 58.2 cm³/mol. The van der Waals surface area contributed by atoms with Gasteiger partial charge in [0.05, 0.1) is 0 Å². The molecular formula is C12H8F3NO2. The van der Waals surface area contributed by atoms with Gasteiger partial charge in [-0.05, 0) is 19.1 Å². The van der Waals surface area contributed by atoms with E-state index in [1.54, 1.807) is 25.1 Å². The van der Waals surface area contributed by atoms with Crippen LogP contribution in [0.1, 0.15) is 5.69 Å². The summed E-state index contributed by atoms with van der Waals surface area (Å²) in [5.74, 6) is -2.45. The van der Waals surface area contributed by atoms with E-state index in [4.69, 9.17) is 0 Å². The number of aryl methyl sites for hydroxylation is 1. The van der Waals surface area contributed by atoms with Crippen molar-refractivity contribution in [1.82, 2.24) is 4.98 Å². The van der Waals surface area contributed by atoms with Gasteiger partial charge in [0, 0.05) is 11.1 Å². The van der Waals surface area contributed by atoms with Crippen molar-refractivity contribution in [2.45, 2.75) is 13.1 Å². The van der Waals surface area contributed by atoms with Crippen LogP contribution < -0.4 is 4.74 Å². The van der Waals surface area contributed by atoms with E-state index >= 15 is 0 Å². The van der Waals surface area contributed by atoms with Crippen molar-refractivity contribution in [2.24, 2.45) is 0 Å². The SMILES string of the molecule is Cc1ccc2cccc(OC(=O)C(F)(F)F)c2n1. The summed E-state index contributed by atoms with van der Waals surface area (Å²) in [6.07, 6.45) is -5.02. The van der Waals surface area contributed by atoms with E-state index in [-0.39, 0.29) is 11.3 Å². The van der Waals surface area contributed by atoms with Crippen LogP contribution in [0.15, 0.2) is 30.3 Å². The van der Waals surface area contributed by atoms with E-state index in [1.165, 1.54) is 12.1 Å². The molecule has 94 valence electrons. The van der Waals surface area contributed by atoms with Gasteiger partial charge in [-0.2, -0.15) is 13.2 Å². The minimum atomic E-state index is -5.02. The van der Waals surface area contributed by atoms with E-state index in [1.807, 2.05) is 0 Å². The summed E-state index contributed by atoms with van der Waals surface area (Å²) < 4.78 is 40.7. The lowest BCUT2D eigenvalue weighted by atomic mass is 10.2. The minimum absolute atomic E-state index is 0.196. The summed E-state index contributed by atoms with van der Waals surface area (Å²) in [6, 6.07) is 7.86. The fourth-order valence-electron chi connectivity index (χ4n) is 1.46. The van der Waals surface area contributed by atoms with Crippen molar-refractivity contribution >= 4 is 16.9 Å². The number of ether oxygens (including phenoxy) is 1. The third kappa shape index (κ3) is 2.42. The van der Waals surface area contributed by atoms with Gasteiger partial charge in [0.2, 0.25) is 0 Å². The van der Waals surface area contributed by atoms with Crippen molar-refractivity contribution in [3.05, 3.63) is 36.0 Å². The topological polar surface area (TPSA) is 39.2 Å². The fourth-order valence-corrected chi connectivity index (χ4v) is 1.46. The molecule has 0 atom stereocenters. The molecule has 0 unspecified atom stereocenters. The van der Waals surface area contributed by atoms with Crippen LogP contribution in [0.4, 0.5) is 13.2 Å². The molecule has 0 bridgehead atoms. The van der Waals surface area contributed by atoms with Gasteiger partial charge in [-0.15, -0.1) is 0 Å². The zero-order valence-corrected chi connectivity index (χ0v) is 9.28. The number of esters is 1. The Labute approximate surface area is 100 Å². The lowest BCUT2D eigenvalue weighted by molar-refractivity contribution is -0.189. The second kappa shape index (κ2) is 4.29. The van der Waals surface area contributed by atoms with Crippen LogP contribution in [0, 0.1) is 6.92 Å². The highest BCUT2D eigenvalue weighted by Crippen LogP contribution is 2.26. The number of hydrogen-bond acceptors (Lipinski definition) is 3. The van der Waals surface area contributed by atoms with E-state index in [2.05, 4.69) is 9.72 Å². The first-order valence-electron chi connectivity index (χ1n) is 5.03. The Bertz CT molecular complexity index is 608. The number of pyridine rings is 1. The normalized spacial score (nSPS) is 11.6. The first-order valence-corrected chi connectivity index (χ1v) is 5.03. The number of rotatable bonds is 1. The van der Waals surface area contributed by atoms with Crippen molar-refractivity contribution in [1.29, 1.82) is 0 Å². The molecule has 1 heterocycles. The second-order valence-corrected chi connectivity index (χ2v) is 3.67. The van der Waals surface area contributed by atoms with Crippen molar-refractivity contribution < 1.29 is 22.7 Å². The van der Waals surface area contributed by atoms with Crippen LogP contribution >= 0.6 is 0 Å². The highest BCUT2D eigenvalue weighted by Gasteiger charge is 2.41. The van der Waals surface area contributed by atoms with Gasteiger partial charge in [-0.3, -0.25) is 0 Å². The third-order valence-electron chi connectivity index (χ3n) is 2.26. The zero-order chi connectivity index (χ0) is 13.3. The number of nitrogens with zero attached hydrogens (tertiary/aromatic N) is 1. The maximum absolute atomic E-state index is 12.1. The Morgan fingerprint density at radius 2 is 1.94 bits per heavy atom. The number of alkyl halides is 3. The average molecular weight is 255 g/mol. The largest absolute Gasteiger partial charge is 0.491 e. The smallest absolute Gasteiger partial charge is 0.418 e. The summed E-state index contributed by atoms with van der Waals surface area (Å²) >= 11 is 0. The number of benzene rings is 1. The molecule has 0 spiro atoms. The molecule has 0 aliphatic heterocycles. The van der Waals surface area contributed by atoms with Crippen LogP contribution in [0.2, 0.25) is 0 Å². The number of aromatic nitrogens is 1. The molecule has 0 N–H and O–H groups in total. The Hall–Kier alpha value is -2.11. The van der Waals surface area contributed by atoms with Gasteiger partial charge in [0.25, 0.3) is 0 Å². The van der Waals surface area contributed by atoms with Crippen LogP contribution in [0.5, 0.6) is 5.75 Å². The first-order chi connectivity index (χ1) is 8.38. The molecule has 0 aliphatic rings. The number of carbonyl (C=O) groups is 1. The van der Waals surface area contributed by atoms with E-state index in [9.17, 15) is 18.0 Å². The van der Waals surface area contributed by atoms with E-state index in [0.717, 1.165) is 0 Å². The highest BCUT2D eigenvalue weighted by molar-refractivity contribution is 5.88. The number of hydrogen-bond donors (Lipinski definition) is 0. The molecule has 1 aromatic carbocycles. The van der Waals surface area contributed by atoms with Gasteiger partial charge < -0.3 is 4.74 Å². The lowest BCUT2D eigenvalue weighted by Crippen LogP contribution is -2.28. The molecule has 3 nitrogen and oxygen atoms in total. The van der Waals surface area contributed by atoms with Crippen LogP contribution in [-0.2, 0) is 4.79 Å². The second-order valence-electron chi connectivity index (χ2n) is 3.67. The highest BCUT2D eigenvalue weighted by atomic mass is 19.4. The van der Waals surface area contributed by atoms with Gasteiger partial charge in [-0.1, -0.05) is 18.2 Å². The minimum Gasteiger partial charge on any atom is -0.418 e. The monoisotopic (exact) mass is 255 g/mol. The molecule has 0 radical (unpaired) electrons. The molecule has 6 heteroatoms. The van der Waals surface area contributed by atoms with E-state index in [0.29, 0.717) is 11.1 Å². The summed E-state index contributed by atoms with van der Waals surface area (Å²) in [5, 5.41) is 0.605. The summed E-state index contributed by atoms with van der Waals surface area (Å²) in [4.78, 5) is 14.9.